The normalized spacial score (nSPS) is 17.3. The Hall–Kier alpha value is -2.26. The highest BCUT2D eigenvalue weighted by molar-refractivity contribution is 7.92. The van der Waals surface area contributed by atoms with Crippen molar-refractivity contribution in [2.75, 3.05) is 5.75 Å². The lowest BCUT2D eigenvalue weighted by Crippen LogP contribution is -2.20. The van der Waals surface area contributed by atoms with Gasteiger partial charge in [0.2, 0.25) is 0 Å². The minimum absolute atomic E-state index is 0.149. The van der Waals surface area contributed by atoms with Gasteiger partial charge in [-0.25, -0.2) is 18.4 Å². The Morgan fingerprint density at radius 2 is 2.06 bits per heavy atom. The van der Waals surface area contributed by atoms with Gasteiger partial charge >= 0.3 is 0 Å². The fourth-order valence-electron chi connectivity index (χ4n) is 4.36. The van der Waals surface area contributed by atoms with Crippen LogP contribution < -0.4 is 4.74 Å². The Kier molecular flexibility index (Phi) is 6.50. The maximum absolute atomic E-state index is 12.4. The summed E-state index contributed by atoms with van der Waals surface area (Å²) < 4.78 is 31.5. The number of hydrogen-bond acceptors (Lipinski definition) is 7. The molecule has 1 atom stereocenters. The topological polar surface area (TPSA) is 82.0 Å². The summed E-state index contributed by atoms with van der Waals surface area (Å²) >= 11 is 14.3. The smallest absolute Gasteiger partial charge is 0.153 e. The Labute approximate surface area is 211 Å². The Morgan fingerprint density at radius 3 is 2.79 bits per heavy atom. The number of hydrogen-bond donors (Lipinski definition) is 0. The number of thiazole rings is 1. The van der Waals surface area contributed by atoms with Crippen molar-refractivity contribution in [1.82, 2.24) is 15.0 Å². The first-order valence-electron chi connectivity index (χ1n) is 10.8. The van der Waals surface area contributed by atoms with E-state index in [1.165, 1.54) is 11.3 Å². The van der Waals surface area contributed by atoms with Crippen molar-refractivity contribution in [1.29, 1.82) is 0 Å². The SMILES string of the molecule is Cc1cc(-c2ncsc2Cl)c2cccc(OCc3c(Cl)ccnc3CC3CCCS3(=O)=O)c2n1. The maximum Gasteiger partial charge on any atom is 0.153 e. The van der Waals surface area contributed by atoms with E-state index in [9.17, 15) is 8.42 Å². The predicted molar refractivity (Wildman–Crippen MR) is 137 cm³/mol. The van der Waals surface area contributed by atoms with E-state index in [1.54, 1.807) is 17.8 Å². The minimum Gasteiger partial charge on any atom is -0.486 e. The van der Waals surface area contributed by atoms with Crippen LogP contribution in [-0.4, -0.2) is 34.4 Å². The van der Waals surface area contributed by atoms with Crippen LogP contribution in [0.15, 0.2) is 42.0 Å². The third-order valence-corrected chi connectivity index (χ3v) is 9.74. The summed E-state index contributed by atoms with van der Waals surface area (Å²) in [7, 11) is -3.10. The van der Waals surface area contributed by atoms with Crippen LogP contribution >= 0.6 is 34.5 Å². The third kappa shape index (κ3) is 4.52. The lowest BCUT2D eigenvalue weighted by molar-refractivity contribution is 0.307. The summed E-state index contributed by atoms with van der Waals surface area (Å²) in [5.41, 5.74) is 6.19. The van der Waals surface area contributed by atoms with E-state index in [0.717, 1.165) is 22.3 Å². The third-order valence-electron chi connectivity index (χ3n) is 6.05. The van der Waals surface area contributed by atoms with Gasteiger partial charge in [0.1, 0.15) is 27.9 Å². The number of aromatic nitrogens is 3. The molecule has 1 unspecified atom stereocenters. The molecule has 0 spiro atoms. The van der Waals surface area contributed by atoms with Gasteiger partial charge in [-0.3, -0.25) is 4.98 Å². The fraction of sp³-hybridized carbons (Fsp3) is 0.292. The van der Waals surface area contributed by atoms with Gasteiger partial charge in [-0.05, 0) is 38.0 Å². The second-order valence-corrected chi connectivity index (χ2v) is 12.5. The van der Waals surface area contributed by atoms with Gasteiger partial charge in [-0.2, -0.15) is 0 Å². The molecule has 176 valence electrons. The van der Waals surface area contributed by atoms with Crippen molar-refractivity contribution in [3.8, 4) is 17.0 Å². The summed E-state index contributed by atoms with van der Waals surface area (Å²) in [5.74, 6) is 0.823. The quantitative estimate of drug-likeness (QED) is 0.299. The number of nitrogens with zero attached hydrogens (tertiary/aromatic N) is 3. The number of ether oxygens (including phenoxy) is 1. The first kappa shape index (κ1) is 23.5. The van der Waals surface area contributed by atoms with E-state index >= 15 is 0 Å². The molecule has 1 saturated heterocycles. The molecule has 34 heavy (non-hydrogen) atoms. The van der Waals surface area contributed by atoms with Crippen LogP contribution in [0.5, 0.6) is 5.75 Å². The zero-order valence-electron chi connectivity index (χ0n) is 18.3. The molecule has 1 aliphatic rings. The van der Waals surface area contributed by atoms with Gasteiger partial charge < -0.3 is 4.74 Å². The van der Waals surface area contributed by atoms with Gasteiger partial charge in [-0.15, -0.1) is 11.3 Å². The maximum atomic E-state index is 12.4. The average molecular weight is 534 g/mol. The van der Waals surface area contributed by atoms with E-state index in [0.29, 0.717) is 51.1 Å². The molecular formula is C24H21Cl2N3O3S2. The van der Waals surface area contributed by atoms with Gasteiger partial charge in [0, 0.05) is 40.5 Å². The molecule has 4 aromatic rings. The molecule has 10 heteroatoms. The van der Waals surface area contributed by atoms with Gasteiger partial charge in [0.15, 0.2) is 9.84 Å². The first-order chi connectivity index (χ1) is 16.3. The minimum atomic E-state index is -3.10. The summed E-state index contributed by atoms with van der Waals surface area (Å²) in [6.07, 6.45) is 3.27. The molecular weight excluding hydrogens is 513 g/mol. The van der Waals surface area contributed by atoms with Gasteiger partial charge in [-0.1, -0.05) is 35.3 Å². The lowest BCUT2D eigenvalue weighted by atomic mass is 10.0. The predicted octanol–water partition coefficient (Wildman–Crippen LogP) is 6.07. The molecule has 0 amide bonds. The monoisotopic (exact) mass is 533 g/mol. The number of pyridine rings is 2. The van der Waals surface area contributed by atoms with Crippen LogP contribution in [0.1, 0.15) is 29.8 Å². The zero-order valence-corrected chi connectivity index (χ0v) is 21.4. The number of rotatable bonds is 6. The van der Waals surface area contributed by atoms with Crippen LogP contribution in [0, 0.1) is 6.92 Å². The van der Waals surface area contributed by atoms with E-state index in [4.69, 9.17) is 32.9 Å². The highest BCUT2D eigenvalue weighted by atomic mass is 35.5. The van der Waals surface area contributed by atoms with E-state index in [-0.39, 0.29) is 12.4 Å². The number of sulfone groups is 1. The van der Waals surface area contributed by atoms with Crippen LogP contribution in [0.2, 0.25) is 9.36 Å². The van der Waals surface area contributed by atoms with Crippen LogP contribution in [-0.2, 0) is 22.9 Å². The van der Waals surface area contributed by atoms with Gasteiger partial charge in [0.25, 0.3) is 0 Å². The van der Waals surface area contributed by atoms with E-state index in [2.05, 4.69) is 9.97 Å². The van der Waals surface area contributed by atoms with Crippen molar-refractivity contribution >= 4 is 55.3 Å². The summed E-state index contributed by atoms with van der Waals surface area (Å²) in [6, 6.07) is 9.38. The molecule has 0 aliphatic carbocycles. The second-order valence-electron chi connectivity index (χ2n) is 8.28. The number of halogens is 2. The molecule has 0 saturated carbocycles. The molecule has 1 aliphatic heterocycles. The van der Waals surface area contributed by atoms with Crippen molar-refractivity contribution in [2.24, 2.45) is 0 Å². The molecule has 5 rings (SSSR count). The molecule has 1 fully saturated rings. The molecule has 0 bridgehead atoms. The summed E-state index contributed by atoms with van der Waals surface area (Å²) in [5, 5.41) is 0.953. The van der Waals surface area contributed by atoms with Gasteiger partial charge in [0.05, 0.1) is 21.5 Å². The second kappa shape index (κ2) is 9.41. The standard InChI is InChI=1S/C24H21Cl2N3O3S2/c1-14-10-17(23-24(26)33-13-28-23)16-5-2-6-21(22(16)29-14)32-12-18-19(25)7-8-27-20(18)11-15-4-3-9-34(15,30)31/h2,5-8,10,13,15H,3-4,9,11-12H2,1H3. The van der Waals surface area contributed by atoms with Crippen molar-refractivity contribution < 1.29 is 13.2 Å². The Morgan fingerprint density at radius 1 is 1.21 bits per heavy atom. The van der Waals surface area contributed by atoms with Crippen molar-refractivity contribution in [3.05, 3.63) is 68.3 Å². The summed E-state index contributed by atoms with van der Waals surface area (Å²) in [4.78, 5) is 13.6. The molecule has 0 radical (unpaired) electrons. The number of para-hydroxylation sites is 1. The van der Waals surface area contributed by atoms with Crippen molar-refractivity contribution in [2.45, 2.75) is 38.0 Å². The Balaban J connectivity index is 1.49. The van der Waals surface area contributed by atoms with Crippen LogP contribution in [0.3, 0.4) is 0 Å². The van der Waals surface area contributed by atoms with Crippen LogP contribution in [0.25, 0.3) is 22.2 Å². The molecule has 6 nitrogen and oxygen atoms in total. The average Bonchev–Trinajstić information content (AvgIpc) is 3.37. The van der Waals surface area contributed by atoms with E-state index in [1.807, 2.05) is 31.2 Å². The largest absolute Gasteiger partial charge is 0.486 e. The fourth-order valence-corrected chi connectivity index (χ4v) is 7.22. The first-order valence-corrected chi connectivity index (χ1v) is 14.1. The molecule has 1 aromatic carbocycles. The molecule has 0 N–H and O–H groups in total. The lowest BCUT2D eigenvalue weighted by Gasteiger charge is -2.16. The van der Waals surface area contributed by atoms with E-state index < -0.39 is 15.1 Å². The molecule has 4 heterocycles. The number of aryl methyl sites for hydroxylation is 1. The highest BCUT2D eigenvalue weighted by Crippen LogP contribution is 2.37. The Bertz CT molecular complexity index is 1490. The highest BCUT2D eigenvalue weighted by Gasteiger charge is 2.32. The van der Waals surface area contributed by atoms with Crippen molar-refractivity contribution in [3.63, 3.8) is 0 Å². The zero-order chi connectivity index (χ0) is 23.9. The number of fused-ring (bicyclic) bond motifs is 1. The molecule has 3 aromatic heterocycles. The van der Waals surface area contributed by atoms with Crippen LogP contribution in [0.4, 0.5) is 0 Å². The summed E-state index contributed by atoms with van der Waals surface area (Å²) in [6.45, 7) is 2.06. The number of benzene rings is 1.